The van der Waals surface area contributed by atoms with Crippen molar-refractivity contribution in [3.63, 3.8) is 0 Å². The summed E-state index contributed by atoms with van der Waals surface area (Å²) in [4.78, 5) is 10.7. The minimum Gasteiger partial charge on any atom is -0.272 e. The van der Waals surface area contributed by atoms with Crippen LogP contribution in [0.1, 0.15) is 10.7 Å². The minimum atomic E-state index is 0.916. The highest BCUT2D eigenvalue weighted by molar-refractivity contribution is 7.14. The van der Waals surface area contributed by atoms with Gasteiger partial charge in [-0.15, -0.1) is 11.3 Å². The Hall–Kier alpha value is -2.46. The van der Waals surface area contributed by atoms with Crippen LogP contribution < -0.4 is 0 Å². The maximum atomic E-state index is 4.69. The highest BCUT2D eigenvalue weighted by Gasteiger charge is 2.12. The molecule has 4 aromatic rings. The van der Waals surface area contributed by atoms with Crippen molar-refractivity contribution in [1.29, 1.82) is 0 Å². The molecule has 0 aliphatic heterocycles. The second-order valence-electron chi connectivity index (χ2n) is 5.31. The molecule has 1 aromatic carbocycles. The summed E-state index contributed by atoms with van der Waals surface area (Å²) in [6, 6.07) is 16.7. The highest BCUT2D eigenvalue weighted by Crippen LogP contribution is 2.28. The molecule has 0 N–H and O–H groups in total. The van der Waals surface area contributed by atoms with Gasteiger partial charge < -0.3 is 0 Å². The molecule has 108 valence electrons. The molecular weight excluding hydrogens is 290 g/mol. The van der Waals surface area contributed by atoms with E-state index in [0.29, 0.717) is 0 Å². The van der Waals surface area contributed by atoms with Crippen LogP contribution in [0, 0.1) is 13.8 Å². The van der Waals surface area contributed by atoms with Crippen LogP contribution in [0.3, 0.4) is 0 Å². The lowest BCUT2D eigenvalue weighted by Gasteiger charge is -2.03. The van der Waals surface area contributed by atoms with E-state index in [4.69, 9.17) is 4.98 Å². The Labute approximate surface area is 132 Å². The number of pyridine rings is 1. The summed E-state index contributed by atoms with van der Waals surface area (Å²) in [5.41, 5.74) is 4.11. The van der Waals surface area contributed by atoms with E-state index in [9.17, 15) is 0 Å². The third-order valence-corrected chi connectivity index (χ3v) is 4.70. The molecule has 0 aliphatic carbocycles. The van der Waals surface area contributed by atoms with Crippen molar-refractivity contribution >= 4 is 22.5 Å². The smallest absolute Gasteiger partial charge is 0.165 e. The first-order valence-corrected chi connectivity index (χ1v) is 8.01. The molecular formula is C18H15N3S. The normalized spacial score (nSPS) is 11.2. The first kappa shape index (κ1) is 13.2. The number of hydrogen-bond acceptors (Lipinski definition) is 3. The number of thiophene rings is 1. The standard InChI is InChI=1S/C18H15N3S/c1-12-8-9-17(22-12)21-13(2)20-16-10-15(11-19-18(16)21)14-6-4-3-5-7-14/h3-11H,1-2H3. The lowest BCUT2D eigenvalue weighted by Crippen LogP contribution is -1.95. The molecule has 0 unspecified atom stereocenters. The van der Waals surface area contributed by atoms with Gasteiger partial charge in [-0.25, -0.2) is 9.97 Å². The number of imidazole rings is 1. The molecule has 4 heteroatoms. The molecule has 0 aliphatic rings. The van der Waals surface area contributed by atoms with Gasteiger partial charge in [0.1, 0.15) is 16.3 Å². The molecule has 4 rings (SSSR count). The molecule has 0 amide bonds. The third kappa shape index (κ3) is 2.12. The summed E-state index contributed by atoms with van der Waals surface area (Å²) in [6.07, 6.45) is 1.93. The number of fused-ring (bicyclic) bond motifs is 1. The number of nitrogens with zero attached hydrogens (tertiary/aromatic N) is 3. The van der Waals surface area contributed by atoms with Crippen LogP contribution in [-0.2, 0) is 0 Å². The van der Waals surface area contributed by atoms with Gasteiger partial charge in [0.25, 0.3) is 0 Å². The number of hydrogen-bond donors (Lipinski definition) is 0. The second kappa shape index (κ2) is 5.07. The van der Waals surface area contributed by atoms with Gasteiger partial charge in [-0.2, -0.15) is 0 Å². The Morgan fingerprint density at radius 3 is 2.50 bits per heavy atom. The Balaban J connectivity index is 1.90. The Morgan fingerprint density at radius 2 is 1.77 bits per heavy atom. The number of aromatic nitrogens is 3. The fourth-order valence-electron chi connectivity index (χ4n) is 2.67. The van der Waals surface area contributed by atoms with Gasteiger partial charge in [0.05, 0.1) is 0 Å². The van der Waals surface area contributed by atoms with E-state index < -0.39 is 0 Å². The first-order valence-electron chi connectivity index (χ1n) is 7.20. The third-order valence-electron chi connectivity index (χ3n) is 3.72. The lowest BCUT2D eigenvalue weighted by atomic mass is 10.1. The van der Waals surface area contributed by atoms with Gasteiger partial charge in [-0.3, -0.25) is 4.57 Å². The monoisotopic (exact) mass is 305 g/mol. The number of aryl methyl sites for hydroxylation is 2. The average molecular weight is 305 g/mol. The second-order valence-corrected chi connectivity index (χ2v) is 6.58. The average Bonchev–Trinajstić information content (AvgIpc) is 3.09. The van der Waals surface area contributed by atoms with Crippen LogP contribution in [-0.4, -0.2) is 14.5 Å². The molecule has 22 heavy (non-hydrogen) atoms. The molecule has 0 saturated carbocycles. The Bertz CT molecular complexity index is 951. The fraction of sp³-hybridized carbons (Fsp3) is 0.111. The fourth-order valence-corrected chi connectivity index (χ4v) is 3.58. The van der Waals surface area contributed by atoms with Crippen molar-refractivity contribution in [2.75, 3.05) is 0 Å². The molecule has 0 spiro atoms. The van der Waals surface area contributed by atoms with Crippen LogP contribution in [0.5, 0.6) is 0 Å². The minimum absolute atomic E-state index is 0.916. The van der Waals surface area contributed by atoms with Crippen LogP contribution in [0.15, 0.2) is 54.7 Å². The van der Waals surface area contributed by atoms with Gasteiger partial charge in [0.15, 0.2) is 5.65 Å². The van der Waals surface area contributed by atoms with Crippen LogP contribution in [0.2, 0.25) is 0 Å². The quantitative estimate of drug-likeness (QED) is 0.534. The van der Waals surface area contributed by atoms with E-state index in [-0.39, 0.29) is 0 Å². The van der Waals surface area contributed by atoms with Crippen molar-refractivity contribution < 1.29 is 0 Å². The van der Waals surface area contributed by atoms with E-state index in [1.54, 1.807) is 11.3 Å². The van der Waals surface area contributed by atoms with Gasteiger partial charge >= 0.3 is 0 Å². The van der Waals surface area contributed by atoms with Gasteiger partial charge in [0.2, 0.25) is 0 Å². The van der Waals surface area contributed by atoms with E-state index in [0.717, 1.165) is 33.1 Å². The molecule has 0 fully saturated rings. The molecule has 0 radical (unpaired) electrons. The molecule has 3 heterocycles. The van der Waals surface area contributed by atoms with Crippen molar-refractivity contribution in [1.82, 2.24) is 14.5 Å². The maximum absolute atomic E-state index is 4.69. The Kier molecular flexibility index (Phi) is 3.05. The number of benzene rings is 1. The van der Waals surface area contributed by atoms with Crippen LogP contribution >= 0.6 is 11.3 Å². The van der Waals surface area contributed by atoms with Gasteiger partial charge in [-0.1, -0.05) is 30.3 Å². The van der Waals surface area contributed by atoms with E-state index in [2.05, 4.69) is 46.8 Å². The highest BCUT2D eigenvalue weighted by atomic mass is 32.1. The SMILES string of the molecule is Cc1ccc(-n2c(C)nc3cc(-c4ccccc4)cnc32)s1. The van der Waals surface area contributed by atoms with Crippen molar-refractivity contribution in [2.45, 2.75) is 13.8 Å². The zero-order valence-electron chi connectivity index (χ0n) is 12.4. The zero-order chi connectivity index (χ0) is 15.1. The predicted octanol–water partition coefficient (Wildman–Crippen LogP) is 4.77. The summed E-state index contributed by atoms with van der Waals surface area (Å²) >= 11 is 1.76. The number of rotatable bonds is 2. The molecule has 0 bridgehead atoms. The summed E-state index contributed by atoms with van der Waals surface area (Å²) in [5.74, 6) is 0.967. The summed E-state index contributed by atoms with van der Waals surface area (Å²) in [6.45, 7) is 4.14. The largest absolute Gasteiger partial charge is 0.272 e. The van der Waals surface area contributed by atoms with E-state index in [1.807, 2.05) is 31.3 Å². The van der Waals surface area contributed by atoms with Crippen molar-refractivity contribution in [3.8, 4) is 16.1 Å². The molecule has 0 saturated heterocycles. The van der Waals surface area contributed by atoms with Gasteiger partial charge in [-0.05, 0) is 37.6 Å². The lowest BCUT2D eigenvalue weighted by molar-refractivity contribution is 1.01. The first-order chi connectivity index (χ1) is 10.7. The maximum Gasteiger partial charge on any atom is 0.165 e. The van der Waals surface area contributed by atoms with Crippen LogP contribution in [0.25, 0.3) is 27.3 Å². The summed E-state index contributed by atoms with van der Waals surface area (Å²) in [7, 11) is 0. The molecule has 0 atom stereocenters. The van der Waals surface area contributed by atoms with Crippen LogP contribution in [0.4, 0.5) is 0 Å². The Morgan fingerprint density at radius 1 is 0.955 bits per heavy atom. The van der Waals surface area contributed by atoms with Crippen molar-refractivity contribution in [2.24, 2.45) is 0 Å². The topological polar surface area (TPSA) is 30.7 Å². The molecule has 3 aromatic heterocycles. The van der Waals surface area contributed by atoms with Gasteiger partial charge in [0, 0.05) is 16.6 Å². The van der Waals surface area contributed by atoms with Crippen molar-refractivity contribution in [3.05, 3.63) is 65.4 Å². The molecule has 3 nitrogen and oxygen atoms in total. The van der Waals surface area contributed by atoms with E-state index in [1.165, 1.54) is 4.88 Å². The summed E-state index contributed by atoms with van der Waals surface area (Å²) in [5, 5.41) is 1.16. The zero-order valence-corrected chi connectivity index (χ0v) is 13.3. The summed E-state index contributed by atoms with van der Waals surface area (Å²) < 4.78 is 2.13. The predicted molar refractivity (Wildman–Crippen MR) is 91.7 cm³/mol. The van der Waals surface area contributed by atoms with E-state index >= 15 is 0 Å².